The second-order valence-corrected chi connectivity index (χ2v) is 4.96. The maximum Gasteiger partial charge on any atom is 0.313 e. The van der Waals surface area contributed by atoms with Crippen LogP contribution < -0.4 is 0 Å². The SMILES string of the molecule is CCCCC(C(=O)OCC)c1ccc(Cl)cc1Cl. The summed E-state index contributed by atoms with van der Waals surface area (Å²) < 4.78 is 5.11. The van der Waals surface area contributed by atoms with Gasteiger partial charge in [0, 0.05) is 10.0 Å². The number of rotatable bonds is 6. The monoisotopic (exact) mass is 288 g/mol. The molecule has 0 saturated heterocycles. The molecule has 100 valence electrons. The molecule has 1 aromatic rings. The number of ether oxygens (including phenoxy) is 1. The maximum absolute atomic E-state index is 12.0. The third kappa shape index (κ3) is 4.18. The standard InChI is InChI=1S/C14H18Cl2O2/c1-3-5-6-12(14(17)18-4-2)11-8-7-10(15)9-13(11)16/h7-9,12H,3-6H2,1-2H3. The van der Waals surface area contributed by atoms with Crippen molar-refractivity contribution in [2.24, 2.45) is 0 Å². The molecule has 0 saturated carbocycles. The average molecular weight is 289 g/mol. The highest BCUT2D eigenvalue weighted by Gasteiger charge is 2.23. The van der Waals surface area contributed by atoms with Crippen molar-refractivity contribution in [2.45, 2.75) is 39.0 Å². The Morgan fingerprint density at radius 1 is 1.33 bits per heavy atom. The van der Waals surface area contributed by atoms with E-state index in [0.29, 0.717) is 16.7 Å². The van der Waals surface area contributed by atoms with E-state index in [0.717, 1.165) is 24.8 Å². The van der Waals surface area contributed by atoms with E-state index in [1.165, 1.54) is 0 Å². The first kappa shape index (κ1) is 15.3. The summed E-state index contributed by atoms with van der Waals surface area (Å²) in [5, 5.41) is 1.10. The largest absolute Gasteiger partial charge is 0.466 e. The zero-order valence-corrected chi connectivity index (χ0v) is 12.2. The van der Waals surface area contributed by atoms with Crippen LogP contribution >= 0.6 is 23.2 Å². The van der Waals surface area contributed by atoms with Gasteiger partial charge < -0.3 is 4.74 Å². The molecule has 0 spiro atoms. The Labute approximate surface area is 118 Å². The van der Waals surface area contributed by atoms with Crippen LogP contribution in [0.5, 0.6) is 0 Å². The van der Waals surface area contributed by atoms with E-state index in [1.807, 2.05) is 6.07 Å². The van der Waals surface area contributed by atoms with Crippen molar-refractivity contribution >= 4 is 29.2 Å². The lowest BCUT2D eigenvalue weighted by atomic mass is 9.93. The summed E-state index contributed by atoms with van der Waals surface area (Å²) in [5.74, 6) is -0.509. The Bertz CT molecular complexity index is 405. The molecular formula is C14H18Cl2O2. The van der Waals surface area contributed by atoms with Crippen molar-refractivity contribution in [3.05, 3.63) is 33.8 Å². The molecule has 0 radical (unpaired) electrons. The molecule has 0 fully saturated rings. The Morgan fingerprint density at radius 2 is 2.06 bits per heavy atom. The maximum atomic E-state index is 12.0. The van der Waals surface area contributed by atoms with Gasteiger partial charge in [0.15, 0.2) is 0 Å². The molecule has 0 aliphatic heterocycles. The van der Waals surface area contributed by atoms with E-state index in [-0.39, 0.29) is 11.9 Å². The first-order chi connectivity index (χ1) is 8.60. The number of benzene rings is 1. The summed E-state index contributed by atoms with van der Waals surface area (Å²) in [7, 11) is 0. The van der Waals surface area contributed by atoms with Crippen LogP contribution in [0.15, 0.2) is 18.2 Å². The van der Waals surface area contributed by atoms with Gasteiger partial charge in [-0.05, 0) is 31.0 Å². The summed E-state index contributed by atoms with van der Waals surface area (Å²) in [6, 6.07) is 5.22. The van der Waals surface area contributed by atoms with Gasteiger partial charge in [0.1, 0.15) is 0 Å². The Morgan fingerprint density at radius 3 is 2.61 bits per heavy atom. The average Bonchev–Trinajstić information content (AvgIpc) is 2.32. The second-order valence-electron chi connectivity index (χ2n) is 4.11. The molecule has 0 heterocycles. The smallest absolute Gasteiger partial charge is 0.313 e. The number of halogens is 2. The molecule has 1 atom stereocenters. The Balaban J connectivity index is 2.97. The molecule has 0 aliphatic carbocycles. The van der Waals surface area contributed by atoms with Gasteiger partial charge in [-0.1, -0.05) is 49.0 Å². The summed E-state index contributed by atoms with van der Waals surface area (Å²) in [6.07, 6.45) is 2.74. The Hall–Kier alpha value is -0.730. The Kier molecular flexibility index (Phi) is 6.51. The van der Waals surface area contributed by atoms with Gasteiger partial charge >= 0.3 is 5.97 Å². The van der Waals surface area contributed by atoms with Gasteiger partial charge in [-0.3, -0.25) is 4.79 Å². The minimum atomic E-state index is -0.297. The summed E-state index contributed by atoms with van der Waals surface area (Å²) >= 11 is 12.0. The van der Waals surface area contributed by atoms with Gasteiger partial charge in [0.25, 0.3) is 0 Å². The third-order valence-corrected chi connectivity index (χ3v) is 3.32. The number of carbonyl (C=O) groups is 1. The summed E-state index contributed by atoms with van der Waals surface area (Å²) in [4.78, 5) is 12.0. The van der Waals surface area contributed by atoms with Crippen LogP contribution in [0, 0.1) is 0 Å². The molecule has 0 aliphatic rings. The van der Waals surface area contributed by atoms with E-state index in [9.17, 15) is 4.79 Å². The number of unbranched alkanes of at least 4 members (excludes halogenated alkanes) is 1. The lowest BCUT2D eigenvalue weighted by Crippen LogP contribution is -2.16. The van der Waals surface area contributed by atoms with Crippen LogP contribution in [-0.4, -0.2) is 12.6 Å². The minimum absolute atomic E-state index is 0.213. The molecule has 2 nitrogen and oxygen atoms in total. The first-order valence-electron chi connectivity index (χ1n) is 6.21. The van der Waals surface area contributed by atoms with Crippen LogP contribution in [0.25, 0.3) is 0 Å². The van der Waals surface area contributed by atoms with Crippen LogP contribution in [0.1, 0.15) is 44.6 Å². The normalized spacial score (nSPS) is 12.2. The van der Waals surface area contributed by atoms with E-state index in [1.54, 1.807) is 19.1 Å². The van der Waals surface area contributed by atoms with Crippen LogP contribution in [0.2, 0.25) is 10.0 Å². The highest BCUT2D eigenvalue weighted by Crippen LogP contribution is 2.31. The molecule has 1 rings (SSSR count). The van der Waals surface area contributed by atoms with Gasteiger partial charge in [-0.25, -0.2) is 0 Å². The van der Waals surface area contributed by atoms with E-state index in [2.05, 4.69) is 6.92 Å². The highest BCUT2D eigenvalue weighted by atomic mass is 35.5. The lowest BCUT2D eigenvalue weighted by molar-refractivity contribution is -0.145. The first-order valence-corrected chi connectivity index (χ1v) is 6.97. The van der Waals surface area contributed by atoms with Gasteiger partial charge in [0.05, 0.1) is 12.5 Å². The van der Waals surface area contributed by atoms with E-state index < -0.39 is 0 Å². The van der Waals surface area contributed by atoms with Gasteiger partial charge in [0.2, 0.25) is 0 Å². The molecule has 0 aromatic heterocycles. The van der Waals surface area contributed by atoms with Gasteiger partial charge in [-0.2, -0.15) is 0 Å². The van der Waals surface area contributed by atoms with E-state index >= 15 is 0 Å². The van der Waals surface area contributed by atoms with Crippen LogP contribution in [0.4, 0.5) is 0 Å². The third-order valence-electron chi connectivity index (χ3n) is 2.76. The van der Waals surface area contributed by atoms with Crippen molar-refractivity contribution in [3.63, 3.8) is 0 Å². The van der Waals surface area contributed by atoms with Crippen molar-refractivity contribution in [1.29, 1.82) is 0 Å². The molecule has 0 N–H and O–H groups in total. The molecule has 4 heteroatoms. The molecule has 18 heavy (non-hydrogen) atoms. The lowest BCUT2D eigenvalue weighted by Gasteiger charge is -2.17. The van der Waals surface area contributed by atoms with Crippen LogP contribution in [0.3, 0.4) is 0 Å². The molecule has 1 aromatic carbocycles. The van der Waals surface area contributed by atoms with Gasteiger partial charge in [-0.15, -0.1) is 0 Å². The predicted octanol–water partition coefficient (Wildman–Crippen LogP) is 4.83. The second kappa shape index (κ2) is 7.65. The topological polar surface area (TPSA) is 26.3 Å². The zero-order chi connectivity index (χ0) is 13.5. The number of hydrogen-bond acceptors (Lipinski definition) is 2. The number of hydrogen-bond donors (Lipinski definition) is 0. The van der Waals surface area contributed by atoms with Crippen molar-refractivity contribution < 1.29 is 9.53 Å². The van der Waals surface area contributed by atoms with Crippen LogP contribution in [-0.2, 0) is 9.53 Å². The highest BCUT2D eigenvalue weighted by molar-refractivity contribution is 6.35. The fourth-order valence-electron chi connectivity index (χ4n) is 1.84. The summed E-state index contributed by atoms with van der Waals surface area (Å²) in [5.41, 5.74) is 0.799. The van der Waals surface area contributed by atoms with E-state index in [4.69, 9.17) is 27.9 Å². The number of carbonyl (C=O) groups excluding carboxylic acids is 1. The fourth-order valence-corrected chi connectivity index (χ4v) is 2.38. The van der Waals surface area contributed by atoms with Crippen molar-refractivity contribution in [1.82, 2.24) is 0 Å². The fraction of sp³-hybridized carbons (Fsp3) is 0.500. The molecule has 1 unspecified atom stereocenters. The van der Waals surface area contributed by atoms with Crippen molar-refractivity contribution in [2.75, 3.05) is 6.61 Å². The number of esters is 1. The molecular weight excluding hydrogens is 271 g/mol. The summed E-state index contributed by atoms with van der Waals surface area (Å²) in [6.45, 7) is 4.27. The van der Waals surface area contributed by atoms with Crippen molar-refractivity contribution in [3.8, 4) is 0 Å². The molecule has 0 amide bonds. The molecule has 0 bridgehead atoms. The predicted molar refractivity (Wildman–Crippen MR) is 75.4 cm³/mol. The minimum Gasteiger partial charge on any atom is -0.466 e. The zero-order valence-electron chi connectivity index (χ0n) is 10.7. The quantitative estimate of drug-likeness (QED) is 0.701.